The Bertz CT molecular complexity index is 1150. The molecule has 1 aliphatic rings. The van der Waals surface area contributed by atoms with Crippen LogP contribution in [0.25, 0.3) is 22.2 Å². The first-order valence-electron chi connectivity index (χ1n) is 11.0. The van der Waals surface area contributed by atoms with E-state index in [1.54, 1.807) is 18.2 Å². The molecule has 0 unspecified atom stereocenters. The Morgan fingerprint density at radius 3 is 2.56 bits per heavy atom. The molecule has 4 rings (SSSR count). The number of aromatic hydroxyl groups is 1. The van der Waals surface area contributed by atoms with Gasteiger partial charge in [-0.2, -0.15) is 0 Å². The molecule has 0 radical (unpaired) electrons. The fraction of sp³-hybridized carbons (Fsp3) is 0.308. The molecule has 1 saturated heterocycles. The molecule has 0 aliphatic carbocycles. The van der Waals surface area contributed by atoms with E-state index < -0.39 is 0 Å². The highest BCUT2D eigenvalue weighted by atomic mass is 16.5. The van der Waals surface area contributed by atoms with E-state index in [4.69, 9.17) is 9.72 Å². The van der Waals surface area contributed by atoms with Crippen LogP contribution >= 0.6 is 0 Å². The molecular weight excluding hydrogens is 402 g/mol. The molecule has 3 aromatic rings. The number of phenolic OH excluding ortho intramolecular Hbond substituents is 1. The fourth-order valence-electron chi connectivity index (χ4n) is 4.00. The van der Waals surface area contributed by atoms with Crippen LogP contribution in [-0.4, -0.2) is 58.6 Å². The molecule has 32 heavy (non-hydrogen) atoms. The number of rotatable bonds is 6. The lowest BCUT2D eigenvalue weighted by molar-refractivity contribution is 0.0523. The Morgan fingerprint density at radius 2 is 1.84 bits per heavy atom. The highest BCUT2D eigenvalue weighted by molar-refractivity contribution is 5.98. The normalized spacial score (nSPS) is 13.9. The lowest BCUT2D eigenvalue weighted by Gasteiger charge is -2.36. The zero-order valence-corrected chi connectivity index (χ0v) is 18.7. The summed E-state index contributed by atoms with van der Waals surface area (Å²) in [5.74, 6) is 0.894. The molecule has 6 heteroatoms. The molecule has 0 atom stereocenters. The van der Waals surface area contributed by atoms with Gasteiger partial charge >= 0.3 is 0 Å². The summed E-state index contributed by atoms with van der Waals surface area (Å²) in [6.45, 7) is 11.4. The zero-order valence-electron chi connectivity index (χ0n) is 18.7. The molecule has 1 N–H and O–H groups in total. The molecule has 2 aromatic carbocycles. The van der Waals surface area contributed by atoms with Gasteiger partial charge in [-0.3, -0.25) is 4.79 Å². The van der Waals surface area contributed by atoms with Crippen LogP contribution in [0.5, 0.6) is 5.75 Å². The van der Waals surface area contributed by atoms with Gasteiger partial charge in [-0.1, -0.05) is 25.1 Å². The van der Waals surface area contributed by atoms with Crippen molar-refractivity contribution in [3.63, 3.8) is 0 Å². The summed E-state index contributed by atoms with van der Waals surface area (Å²) >= 11 is 0. The van der Waals surface area contributed by atoms with Crippen molar-refractivity contribution in [2.24, 2.45) is 0 Å². The topological polar surface area (TPSA) is 65.9 Å². The Kier molecular flexibility index (Phi) is 6.30. The monoisotopic (exact) mass is 431 g/mol. The first-order valence-corrected chi connectivity index (χ1v) is 11.0. The quantitative estimate of drug-likeness (QED) is 0.579. The van der Waals surface area contributed by atoms with Gasteiger partial charge in [0.2, 0.25) is 0 Å². The fourth-order valence-corrected chi connectivity index (χ4v) is 4.00. The van der Waals surface area contributed by atoms with Crippen molar-refractivity contribution in [3.05, 3.63) is 72.1 Å². The summed E-state index contributed by atoms with van der Waals surface area (Å²) in [5.41, 5.74) is 4.09. The van der Waals surface area contributed by atoms with Crippen molar-refractivity contribution in [1.29, 1.82) is 0 Å². The Labute approximate surface area is 188 Å². The van der Waals surface area contributed by atoms with Gasteiger partial charge in [-0.25, -0.2) is 4.98 Å². The molecule has 1 aliphatic heterocycles. The summed E-state index contributed by atoms with van der Waals surface area (Å²) in [4.78, 5) is 21.9. The summed E-state index contributed by atoms with van der Waals surface area (Å²) in [6, 6.07) is 14.8. The number of fused-ring (bicyclic) bond motifs is 1. The maximum absolute atomic E-state index is 13.2. The van der Waals surface area contributed by atoms with Crippen LogP contribution in [0, 0.1) is 6.92 Å². The molecule has 2 heterocycles. The molecule has 1 amide bonds. The zero-order chi connectivity index (χ0) is 22.7. The number of carbonyl (C=O) groups is 1. The number of carbonyl (C=O) groups excluding carboxylic acids is 1. The molecule has 1 aromatic heterocycles. The first-order chi connectivity index (χ1) is 15.5. The molecule has 1 fully saturated rings. The largest absolute Gasteiger partial charge is 0.508 e. The first kappa shape index (κ1) is 21.7. The highest BCUT2D eigenvalue weighted by Crippen LogP contribution is 2.27. The van der Waals surface area contributed by atoms with Crippen LogP contribution in [0.3, 0.4) is 0 Å². The maximum Gasteiger partial charge on any atom is 0.254 e. The lowest BCUT2D eigenvalue weighted by Crippen LogP contribution is -2.48. The second-order valence-corrected chi connectivity index (χ2v) is 8.13. The number of aromatic nitrogens is 1. The summed E-state index contributed by atoms with van der Waals surface area (Å²) in [6.07, 6.45) is 0.945. The number of pyridine rings is 1. The van der Waals surface area contributed by atoms with Gasteiger partial charge in [-0.05, 0) is 55.8 Å². The van der Waals surface area contributed by atoms with Crippen molar-refractivity contribution in [3.8, 4) is 17.0 Å². The van der Waals surface area contributed by atoms with Gasteiger partial charge < -0.3 is 19.6 Å². The predicted molar refractivity (Wildman–Crippen MR) is 126 cm³/mol. The van der Waals surface area contributed by atoms with Gasteiger partial charge in [0.05, 0.1) is 17.8 Å². The summed E-state index contributed by atoms with van der Waals surface area (Å²) < 4.78 is 5.63. The van der Waals surface area contributed by atoms with Crippen LogP contribution < -0.4 is 0 Å². The van der Waals surface area contributed by atoms with Gasteiger partial charge in [0.1, 0.15) is 5.75 Å². The van der Waals surface area contributed by atoms with Crippen molar-refractivity contribution in [2.45, 2.75) is 20.3 Å². The van der Waals surface area contributed by atoms with Crippen molar-refractivity contribution in [1.82, 2.24) is 14.8 Å². The van der Waals surface area contributed by atoms with E-state index in [1.807, 2.05) is 42.2 Å². The number of ether oxygens (including phenoxy) is 1. The van der Waals surface area contributed by atoms with Crippen LogP contribution in [0.4, 0.5) is 0 Å². The van der Waals surface area contributed by atoms with Gasteiger partial charge in [0, 0.05) is 42.7 Å². The SMILES string of the molecule is C=C(OCCC)N1CCN(C(=O)c2ccc3c(C)cc(-c4cccc(O)c4)nc3c2)CC1. The van der Waals surface area contributed by atoms with Crippen LogP contribution in [0.15, 0.2) is 61.0 Å². The van der Waals surface area contributed by atoms with E-state index in [-0.39, 0.29) is 11.7 Å². The summed E-state index contributed by atoms with van der Waals surface area (Å²) in [7, 11) is 0. The van der Waals surface area contributed by atoms with Crippen LogP contribution in [0.1, 0.15) is 29.3 Å². The lowest BCUT2D eigenvalue weighted by atomic mass is 10.0. The van der Waals surface area contributed by atoms with E-state index in [1.165, 1.54) is 0 Å². The maximum atomic E-state index is 13.2. The number of hydrogen-bond donors (Lipinski definition) is 1. The third-order valence-corrected chi connectivity index (χ3v) is 5.80. The molecular formula is C26H29N3O3. The van der Waals surface area contributed by atoms with E-state index in [0.29, 0.717) is 44.2 Å². The average Bonchev–Trinajstić information content (AvgIpc) is 2.81. The van der Waals surface area contributed by atoms with E-state index >= 15 is 0 Å². The Hall–Kier alpha value is -3.54. The van der Waals surface area contributed by atoms with Crippen molar-refractivity contribution < 1.29 is 14.6 Å². The number of phenols is 1. The molecule has 0 saturated carbocycles. The number of benzene rings is 2. The molecule has 0 spiro atoms. The Morgan fingerprint density at radius 1 is 1.09 bits per heavy atom. The second kappa shape index (κ2) is 9.30. The molecule has 6 nitrogen and oxygen atoms in total. The van der Waals surface area contributed by atoms with E-state index in [0.717, 1.165) is 34.1 Å². The molecule has 0 bridgehead atoms. The number of amides is 1. The standard InChI is InChI=1S/C26H29N3O3/c1-4-14-32-19(3)28-10-12-29(13-11-28)26(31)21-8-9-23-18(2)15-24(27-25(23)17-21)20-6-5-7-22(30)16-20/h5-9,15-17,30H,3-4,10-14H2,1-2H3. The van der Waals surface area contributed by atoms with Crippen LogP contribution in [-0.2, 0) is 4.74 Å². The van der Waals surface area contributed by atoms with Gasteiger partial charge in [0.25, 0.3) is 5.91 Å². The van der Waals surface area contributed by atoms with Gasteiger partial charge in [0.15, 0.2) is 5.88 Å². The van der Waals surface area contributed by atoms with Gasteiger partial charge in [-0.15, -0.1) is 0 Å². The van der Waals surface area contributed by atoms with Crippen molar-refractivity contribution >= 4 is 16.8 Å². The molecule has 166 valence electrons. The Balaban J connectivity index is 1.53. The second-order valence-electron chi connectivity index (χ2n) is 8.13. The van der Waals surface area contributed by atoms with E-state index in [9.17, 15) is 9.90 Å². The number of hydrogen-bond acceptors (Lipinski definition) is 5. The highest BCUT2D eigenvalue weighted by Gasteiger charge is 2.23. The minimum atomic E-state index is 0.00819. The average molecular weight is 432 g/mol. The third-order valence-electron chi connectivity index (χ3n) is 5.80. The summed E-state index contributed by atoms with van der Waals surface area (Å²) in [5, 5.41) is 10.8. The number of piperazine rings is 1. The number of nitrogens with zero attached hydrogens (tertiary/aromatic N) is 3. The number of aryl methyl sites for hydroxylation is 1. The third kappa shape index (κ3) is 4.54. The minimum Gasteiger partial charge on any atom is -0.508 e. The van der Waals surface area contributed by atoms with Crippen molar-refractivity contribution in [2.75, 3.05) is 32.8 Å². The van der Waals surface area contributed by atoms with Crippen LogP contribution in [0.2, 0.25) is 0 Å². The van der Waals surface area contributed by atoms with E-state index in [2.05, 4.69) is 18.4 Å². The predicted octanol–water partition coefficient (Wildman–Crippen LogP) is 4.57. The minimum absolute atomic E-state index is 0.00819. The smallest absolute Gasteiger partial charge is 0.254 e.